The van der Waals surface area contributed by atoms with E-state index in [0.717, 1.165) is 11.1 Å². The highest BCUT2D eigenvalue weighted by Gasteiger charge is 2.38. The first-order chi connectivity index (χ1) is 8.42. The normalized spacial score (nSPS) is 14.5. The van der Waals surface area contributed by atoms with Crippen LogP contribution in [0.25, 0.3) is 11.1 Å². The Hall–Kier alpha value is -2.33. The van der Waals surface area contributed by atoms with E-state index in [-0.39, 0.29) is 5.92 Å². The van der Waals surface area contributed by atoms with Gasteiger partial charge in [0.1, 0.15) is 0 Å². The predicted octanol–water partition coefficient (Wildman–Crippen LogP) is 3.75. The van der Waals surface area contributed by atoms with Crippen molar-refractivity contribution < 1.29 is 0 Å². The zero-order valence-corrected chi connectivity index (χ0v) is 9.30. The lowest BCUT2D eigenvalue weighted by Crippen LogP contribution is -1.78. The highest BCUT2D eigenvalue weighted by atomic mass is 14.4. The van der Waals surface area contributed by atoms with Gasteiger partial charge < -0.3 is 0 Å². The molecule has 0 aromatic heterocycles. The van der Waals surface area contributed by atoms with E-state index < -0.39 is 0 Å². The van der Waals surface area contributed by atoms with Gasteiger partial charge in [0.15, 0.2) is 0 Å². The fraction of sp³-hybridized carbons (Fsp3) is 0.0625. The Kier molecular flexibility index (Phi) is 2.27. The molecule has 0 fully saturated rings. The molecule has 0 saturated carbocycles. The third-order valence-electron chi connectivity index (χ3n) is 3.08. The molecule has 17 heavy (non-hydrogen) atoms. The van der Waals surface area contributed by atoms with Crippen LogP contribution in [0.1, 0.15) is 11.1 Å². The van der Waals surface area contributed by atoms with Crippen LogP contribution in [-0.2, 0) is 0 Å². The van der Waals surface area contributed by atoms with Crippen molar-refractivity contribution in [1.29, 1.82) is 5.26 Å². The Morgan fingerprint density at radius 2 is 1.12 bits per heavy atom. The van der Waals surface area contributed by atoms with Crippen LogP contribution in [0, 0.1) is 17.2 Å². The number of nitriles is 1. The molecule has 0 saturated heterocycles. The van der Waals surface area contributed by atoms with Crippen molar-refractivity contribution in [3.63, 3.8) is 0 Å². The molecule has 2 aromatic rings. The van der Waals surface area contributed by atoms with Crippen molar-refractivity contribution in [1.82, 2.24) is 0 Å². The van der Waals surface area contributed by atoms with E-state index in [0.29, 0.717) is 0 Å². The molecule has 1 aliphatic carbocycles. The molecule has 2 aromatic carbocycles. The molecule has 0 amide bonds. The van der Waals surface area contributed by atoms with Crippen LogP contribution >= 0.6 is 0 Å². The molecule has 0 unspecified atom stereocenters. The number of rotatable bonds is 2. The maximum Gasteiger partial charge on any atom is 0.0981 e. The Balaban J connectivity index is 2.05. The Morgan fingerprint density at radius 3 is 1.47 bits per heavy atom. The topological polar surface area (TPSA) is 23.8 Å². The van der Waals surface area contributed by atoms with Crippen LogP contribution in [0.3, 0.4) is 0 Å². The van der Waals surface area contributed by atoms with Crippen LogP contribution in [0.2, 0.25) is 0 Å². The fourth-order valence-corrected chi connectivity index (χ4v) is 2.23. The molecule has 1 aliphatic rings. The van der Waals surface area contributed by atoms with Crippen LogP contribution in [0.5, 0.6) is 0 Å². The average molecular weight is 217 g/mol. The Morgan fingerprint density at radius 1 is 0.706 bits per heavy atom. The number of nitrogens with zero attached hydrogens (tertiary/aromatic N) is 1. The smallest absolute Gasteiger partial charge is 0.0981 e. The van der Waals surface area contributed by atoms with Crippen molar-refractivity contribution in [3.8, 4) is 6.07 Å². The second-order valence-electron chi connectivity index (χ2n) is 4.12. The van der Waals surface area contributed by atoms with Gasteiger partial charge in [-0.25, -0.2) is 0 Å². The molecule has 0 bridgehead atoms. The molecule has 0 heterocycles. The molecule has 1 nitrogen and oxygen atoms in total. The zero-order valence-electron chi connectivity index (χ0n) is 9.30. The van der Waals surface area contributed by atoms with Crippen LogP contribution < -0.4 is 0 Å². The summed E-state index contributed by atoms with van der Waals surface area (Å²) in [5.74, 6) is -0.0280. The van der Waals surface area contributed by atoms with E-state index in [1.807, 2.05) is 36.4 Å². The van der Waals surface area contributed by atoms with Gasteiger partial charge in [-0.1, -0.05) is 60.7 Å². The summed E-state index contributed by atoms with van der Waals surface area (Å²) < 4.78 is 0. The minimum atomic E-state index is -0.0280. The van der Waals surface area contributed by atoms with E-state index in [4.69, 9.17) is 0 Å². The summed E-state index contributed by atoms with van der Waals surface area (Å²) in [7, 11) is 0. The highest BCUT2D eigenvalue weighted by molar-refractivity contribution is 6.12. The third-order valence-corrected chi connectivity index (χ3v) is 3.08. The maximum atomic E-state index is 9.18. The molecule has 0 N–H and O–H groups in total. The monoisotopic (exact) mass is 217 g/mol. The average Bonchev–Trinajstić information content (AvgIpc) is 3.15. The molecule has 1 heteroatoms. The van der Waals surface area contributed by atoms with Gasteiger partial charge in [0.05, 0.1) is 12.0 Å². The molecule has 0 spiro atoms. The Labute approximate surface area is 101 Å². The largest absolute Gasteiger partial charge is 0.197 e. The summed E-state index contributed by atoms with van der Waals surface area (Å²) in [6.07, 6.45) is 0. The van der Waals surface area contributed by atoms with Gasteiger partial charge >= 0.3 is 0 Å². The summed E-state index contributed by atoms with van der Waals surface area (Å²) in [6.45, 7) is 0. The molecular weight excluding hydrogens is 206 g/mol. The molecule has 0 aliphatic heterocycles. The van der Waals surface area contributed by atoms with E-state index in [1.54, 1.807) is 0 Å². The van der Waals surface area contributed by atoms with Crippen molar-refractivity contribution in [2.24, 2.45) is 5.92 Å². The van der Waals surface area contributed by atoms with E-state index in [2.05, 4.69) is 30.3 Å². The molecule has 80 valence electrons. The lowest BCUT2D eigenvalue weighted by Gasteiger charge is -1.91. The van der Waals surface area contributed by atoms with Crippen LogP contribution in [0.15, 0.2) is 60.7 Å². The van der Waals surface area contributed by atoms with Gasteiger partial charge in [-0.3, -0.25) is 0 Å². The van der Waals surface area contributed by atoms with Gasteiger partial charge in [0.25, 0.3) is 0 Å². The lowest BCUT2D eigenvalue weighted by molar-refractivity contribution is 1.26. The minimum Gasteiger partial charge on any atom is -0.197 e. The number of hydrogen-bond acceptors (Lipinski definition) is 1. The SMILES string of the molecule is N#CC1C(c2ccccc2)=C1c1ccccc1. The number of allylic oxidation sites excluding steroid dienone is 2. The lowest BCUT2D eigenvalue weighted by atomic mass is 10.1. The van der Waals surface area contributed by atoms with Crippen LogP contribution in [0.4, 0.5) is 0 Å². The van der Waals surface area contributed by atoms with Crippen molar-refractivity contribution >= 4 is 11.1 Å². The van der Waals surface area contributed by atoms with Gasteiger partial charge in [0, 0.05) is 0 Å². The summed E-state index contributed by atoms with van der Waals surface area (Å²) in [5, 5.41) is 9.18. The van der Waals surface area contributed by atoms with E-state index in [9.17, 15) is 5.26 Å². The fourth-order valence-electron chi connectivity index (χ4n) is 2.23. The maximum absolute atomic E-state index is 9.18. The Bertz CT molecular complexity index is 553. The van der Waals surface area contributed by atoms with Gasteiger partial charge in [-0.05, 0) is 22.3 Å². The van der Waals surface area contributed by atoms with E-state index in [1.165, 1.54) is 11.1 Å². The standard InChI is InChI=1S/C16H11N/c17-11-14-15(12-7-3-1-4-8-12)16(14)13-9-5-2-6-10-13/h1-10,14H. The first-order valence-corrected chi connectivity index (χ1v) is 5.66. The number of hydrogen-bond donors (Lipinski definition) is 0. The second kappa shape index (κ2) is 3.92. The molecule has 0 atom stereocenters. The summed E-state index contributed by atoms with van der Waals surface area (Å²) in [4.78, 5) is 0. The van der Waals surface area contributed by atoms with E-state index >= 15 is 0 Å². The summed E-state index contributed by atoms with van der Waals surface area (Å²) >= 11 is 0. The van der Waals surface area contributed by atoms with Crippen molar-refractivity contribution in [2.45, 2.75) is 0 Å². The first-order valence-electron chi connectivity index (χ1n) is 5.66. The summed E-state index contributed by atoms with van der Waals surface area (Å²) in [5.41, 5.74) is 4.69. The predicted molar refractivity (Wildman–Crippen MR) is 68.8 cm³/mol. The van der Waals surface area contributed by atoms with Gasteiger partial charge in [-0.2, -0.15) is 5.26 Å². The van der Waals surface area contributed by atoms with Crippen LogP contribution in [-0.4, -0.2) is 0 Å². The van der Waals surface area contributed by atoms with Gasteiger partial charge in [-0.15, -0.1) is 0 Å². The van der Waals surface area contributed by atoms with Crippen molar-refractivity contribution in [3.05, 3.63) is 71.8 Å². The number of benzene rings is 2. The quantitative estimate of drug-likeness (QED) is 0.751. The second-order valence-corrected chi connectivity index (χ2v) is 4.12. The highest BCUT2D eigenvalue weighted by Crippen LogP contribution is 2.52. The third kappa shape index (κ3) is 1.64. The zero-order chi connectivity index (χ0) is 11.7. The first kappa shape index (κ1) is 9.86. The van der Waals surface area contributed by atoms with Crippen molar-refractivity contribution in [2.75, 3.05) is 0 Å². The molecule has 0 radical (unpaired) electrons. The minimum absolute atomic E-state index is 0.0280. The molecule has 3 rings (SSSR count). The molecular formula is C16H11N. The summed E-state index contributed by atoms with van der Waals surface area (Å²) in [6, 6.07) is 22.7. The van der Waals surface area contributed by atoms with Gasteiger partial charge in [0.2, 0.25) is 0 Å².